The number of nitrogens with one attached hydrogen (secondary N) is 1. The highest BCUT2D eigenvalue weighted by Gasteiger charge is 2.55. The van der Waals surface area contributed by atoms with Gasteiger partial charge in [-0.1, -0.05) is 24.3 Å². The number of aryl methyl sites for hydroxylation is 1. The summed E-state index contributed by atoms with van der Waals surface area (Å²) >= 11 is 0. The summed E-state index contributed by atoms with van der Waals surface area (Å²) in [6, 6.07) is 12.9. The van der Waals surface area contributed by atoms with Crippen LogP contribution in [0, 0.1) is 18.6 Å². The number of piperazine rings is 1. The molecule has 3 aliphatic heterocycles. The summed E-state index contributed by atoms with van der Waals surface area (Å²) in [5.74, 6) is -2.57. The van der Waals surface area contributed by atoms with Crippen LogP contribution in [0.25, 0.3) is 11.3 Å². The van der Waals surface area contributed by atoms with E-state index in [1.54, 1.807) is 99.3 Å². The zero-order chi connectivity index (χ0) is 49.7. The predicted molar refractivity (Wildman–Crippen MR) is 246 cm³/mol. The molecular formula is C50H56F5N7O7. The topological polar surface area (TPSA) is 144 Å². The lowest BCUT2D eigenvalue weighted by Crippen LogP contribution is -2.65. The fraction of sp³-hybridized carbons (Fsp3) is 0.440. The second kappa shape index (κ2) is 19.0. The first-order valence-corrected chi connectivity index (χ1v) is 22.7. The number of benzene rings is 3. The van der Waals surface area contributed by atoms with Crippen LogP contribution in [-0.2, 0) is 44.0 Å². The van der Waals surface area contributed by atoms with Crippen molar-refractivity contribution in [2.75, 3.05) is 37.6 Å². The molecule has 0 spiro atoms. The van der Waals surface area contributed by atoms with E-state index in [2.05, 4.69) is 15.4 Å². The zero-order valence-corrected chi connectivity index (χ0v) is 39.7. The first-order chi connectivity index (χ1) is 32.7. The third kappa shape index (κ3) is 9.70. The molecule has 2 aromatic heterocycles. The Bertz CT molecular complexity index is 2680. The number of methoxy groups -OCH3 is 2. The molecule has 4 atom stereocenters. The minimum absolute atomic E-state index is 0.000828. The number of alkyl halides is 3. The summed E-state index contributed by atoms with van der Waals surface area (Å²) in [6.07, 6.45) is -3.81. The summed E-state index contributed by atoms with van der Waals surface area (Å²) in [5, 5.41) is 17.2. The first-order valence-electron chi connectivity index (χ1n) is 22.7. The van der Waals surface area contributed by atoms with Crippen LogP contribution in [0.2, 0.25) is 0 Å². The third-order valence-electron chi connectivity index (χ3n) is 12.9. The predicted octanol–water partition coefficient (Wildman–Crippen LogP) is 8.83. The van der Waals surface area contributed by atoms with Crippen molar-refractivity contribution in [2.24, 2.45) is 7.05 Å². The van der Waals surface area contributed by atoms with Crippen molar-refractivity contribution in [1.29, 1.82) is 0 Å². The fourth-order valence-corrected chi connectivity index (χ4v) is 9.85. The largest absolute Gasteiger partial charge is 0.497 e. The van der Waals surface area contributed by atoms with Gasteiger partial charge in [0, 0.05) is 45.0 Å². The Labute approximate surface area is 396 Å². The van der Waals surface area contributed by atoms with Gasteiger partial charge in [-0.15, -0.1) is 0 Å². The number of ether oxygens (including phenoxy) is 4. The van der Waals surface area contributed by atoms with Gasteiger partial charge in [-0.05, 0) is 106 Å². The van der Waals surface area contributed by atoms with Crippen LogP contribution >= 0.6 is 0 Å². The number of aliphatic hydroxyl groups excluding tert-OH is 1. The summed E-state index contributed by atoms with van der Waals surface area (Å²) in [4.78, 5) is 37.9. The minimum Gasteiger partial charge on any atom is -0.497 e. The van der Waals surface area contributed by atoms with Gasteiger partial charge in [0.05, 0.1) is 61.5 Å². The summed E-state index contributed by atoms with van der Waals surface area (Å²) in [7, 11) is 4.67. The van der Waals surface area contributed by atoms with Crippen molar-refractivity contribution < 1.29 is 55.6 Å². The molecule has 0 radical (unpaired) electrons. The van der Waals surface area contributed by atoms with Gasteiger partial charge >= 0.3 is 12.3 Å². The summed E-state index contributed by atoms with van der Waals surface area (Å²) in [5.41, 5.74) is -3.61. The van der Waals surface area contributed by atoms with E-state index >= 15 is 26.7 Å². The van der Waals surface area contributed by atoms with Crippen LogP contribution in [0.3, 0.4) is 0 Å². The van der Waals surface area contributed by atoms with E-state index in [4.69, 9.17) is 18.9 Å². The number of hydrogen-bond acceptors (Lipinski definition) is 11. The number of pyridine rings is 1. The number of carbonyl (C=O) groups excluding carboxylic acids is 2. The molecule has 14 nitrogen and oxygen atoms in total. The van der Waals surface area contributed by atoms with Gasteiger partial charge in [0.1, 0.15) is 40.3 Å². The standard InChI is InChI=1S/C50H56F5N7O7/c1-27-40(50(53,54)55)35(21-38(41(27)51)60(23-29-9-14-33(66-7)15-10-29)24-30-11-16-34(67-8)17-12-30)43-42(52)44(56-22-36-31(19-20-63)25-59(6)58-36)39-46(57-43)68-28(2)45-37-18-13-32(26-61(45)47(39)64)62(37)48(65)69-49(3,4)5/h9-12,14-17,21,25,28,32,37,45,63H,13,18-20,22-24,26H2,1-8H3,(H,56,57)/t28-,32+,37-,45+/m0/s1. The summed E-state index contributed by atoms with van der Waals surface area (Å²) < 4.78 is 106. The molecule has 2 amide bonds. The molecule has 8 rings (SSSR count). The highest BCUT2D eigenvalue weighted by atomic mass is 19.4. The average molecular weight is 962 g/mol. The maximum Gasteiger partial charge on any atom is 0.417 e. The Morgan fingerprint density at radius 1 is 0.971 bits per heavy atom. The molecule has 19 heteroatoms. The molecular weight excluding hydrogens is 906 g/mol. The van der Waals surface area contributed by atoms with Gasteiger partial charge in [-0.3, -0.25) is 14.4 Å². The summed E-state index contributed by atoms with van der Waals surface area (Å²) in [6.45, 7) is 7.47. The number of aliphatic hydroxyl groups is 1. The number of amides is 2. The molecule has 5 heterocycles. The maximum absolute atomic E-state index is 18.0. The van der Waals surface area contributed by atoms with Gasteiger partial charge < -0.3 is 39.2 Å². The Morgan fingerprint density at radius 2 is 1.59 bits per heavy atom. The molecule has 2 bridgehead atoms. The highest BCUT2D eigenvalue weighted by molar-refractivity contribution is 6.03. The van der Waals surface area contributed by atoms with E-state index < -0.39 is 93.6 Å². The molecule has 368 valence electrons. The van der Waals surface area contributed by atoms with Gasteiger partial charge in [0.15, 0.2) is 5.82 Å². The lowest BCUT2D eigenvalue weighted by molar-refractivity contribution is -0.137. The first kappa shape index (κ1) is 48.8. The number of hydrogen-bond donors (Lipinski definition) is 2. The molecule has 2 fully saturated rings. The van der Waals surface area contributed by atoms with E-state index in [1.807, 2.05) is 0 Å². The van der Waals surface area contributed by atoms with Crippen molar-refractivity contribution in [3.8, 4) is 28.6 Å². The number of carbonyl (C=O) groups is 2. The number of aromatic nitrogens is 3. The highest BCUT2D eigenvalue weighted by Crippen LogP contribution is 2.48. The molecule has 0 unspecified atom stereocenters. The van der Waals surface area contributed by atoms with Gasteiger partial charge in [-0.2, -0.15) is 18.3 Å². The average Bonchev–Trinajstić information content (AvgIpc) is 3.78. The molecule has 0 aliphatic carbocycles. The van der Waals surface area contributed by atoms with Gasteiger partial charge in [-0.25, -0.2) is 18.6 Å². The van der Waals surface area contributed by atoms with Crippen LogP contribution in [0.5, 0.6) is 17.4 Å². The molecule has 3 aliphatic rings. The Balaban J connectivity index is 1.31. The number of fused-ring (bicyclic) bond motifs is 5. The van der Waals surface area contributed by atoms with Crippen molar-refractivity contribution in [2.45, 2.75) is 110 Å². The molecule has 0 saturated carbocycles. The second-order valence-corrected chi connectivity index (χ2v) is 18.7. The van der Waals surface area contributed by atoms with E-state index in [-0.39, 0.29) is 50.5 Å². The quantitative estimate of drug-likeness (QED) is 0.109. The van der Waals surface area contributed by atoms with E-state index in [9.17, 15) is 9.90 Å². The van der Waals surface area contributed by atoms with E-state index in [0.29, 0.717) is 46.7 Å². The SMILES string of the molecule is COc1ccc(CN(Cc2ccc(OC)cc2)c2cc(-c3nc4c(c(NCc5nn(C)cc5CCO)c3F)C(=O)N3C[C@H]5CC[C@@H]([C@H]3[C@H](C)O4)N5C(=O)OC(C)(C)C)c(C(F)(F)F)c(C)c2F)cc1. The third-order valence-corrected chi connectivity index (χ3v) is 12.9. The molecule has 2 saturated heterocycles. The van der Waals surface area contributed by atoms with Crippen LogP contribution < -0.4 is 24.4 Å². The lowest BCUT2D eigenvalue weighted by atomic mass is 9.94. The van der Waals surface area contributed by atoms with Crippen molar-refractivity contribution in [3.63, 3.8) is 0 Å². The normalized spacial score (nSPS) is 18.8. The van der Waals surface area contributed by atoms with Crippen molar-refractivity contribution in [1.82, 2.24) is 24.6 Å². The Kier molecular flexibility index (Phi) is 13.5. The smallest absolute Gasteiger partial charge is 0.417 e. The Morgan fingerprint density at radius 3 is 2.16 bits per heavy atom. The van der Waals surface area contributed by atoms with Crippen molar-refractivity contribution in [3.05, 3.63) is 112 Å². The lowest BCUT2D eigenvalue weighted by Gasteiger charge is -2.47. The molecule has 69 heavy (non-hydrogen) atoms. The van der Waals surface area contributed by atoms with Gasteiger partial charge in [0.2, 0.25) is 5.88 Å². The Hall–Kier alpha value is -6.63. The number of rotatable bonds is 13. The number of anilines is 2. The molecule has 5 aromatic rings. The zero-order valence-electron chi connectivity index (χ0n) is 39.7. The van der Waals surface area contributed by atoms with E-state index in [0.717, 1.165) is 13.0 Å². The number of halogens is 5. The van der Waals surface area contributed by atoms with Crippen LogP contribution in [0.1, 0.15) is 84.4 Å². The number of nitrogens with zero attached hydrogens (tertiary/aromatic N) is 6. The monoisotopic (exact) mass is 961 g/mol. The maximum atomic E-state index is 18.0. The second-order valence-electron chi connectivity index (χ2n) is 18.7. The van der Waals surface area contributed by atoms with Crippen molar-refractivity contribution >= 4 is 23.4 Å². The fourth-order valence-electron chi connectivity index (χ4n) is 9.85. The van der Waals surface area contributed by atoms with Crippen LogP contribution in [0.4, 0.5) is 38.1 Å². The molecule has 2 N–H and O–H groups in total. The molecule has 3 aromatic carbocycles. The van der Waals surface area contributed by atoms with Gasteiger partial charge in [0.25, 0.3) is 5.91 Å². The van der Waals surface area contributed by atoms with Crippen LogP contribution in [-0.4, -0.2) is 98.9 Å². The van der Waals surface area contributed by atoms with E-state index in [1.165, 1.54) is 23.8 Å². The van der Waals surface area contributed by atoms with Crippen LogP contribution in [0.15, 0.2) is 60.8 Å². The minimum atomic E-state index is -5.23.